The predicted molar refractivity (Wildman–Crippen MR) is 141 cm³/mol. The third-order valence-corrected chi connectivity index (χ3v) is 14.7. The molecule has 0 aromatic carbocycles. The van der Waals surface area contributed by atoms with Gasteiger partial charge in [0.25, 0.3) is 0 Å². The fraction of sp³-hybridized carbons (Fsp3) is 0.879. The van der Waals surface area contributed by atoms with Crippen LogP contribution in [0, 0.1) is 68.5 Å². The van der Waals surface area contributed by atoms with Crippen molar-refractivity contribution in [1.82, 2.24) is 0 Å². The van der Waals surface area contributed by atoms with Gasteiger partial charge in [-0.2, -0.15) is 0 Å². The molecule has 0 amide bonds. The molecular weight excluding hydrogens is 396 g/mol. The van der Waals surface area contributed by atoms with Crippen molar-refractivity contribution in [3.05, 3.63) is 24.3 Å². The Labute approximate surface area is 205 Å². The zero-order valence-corrected chi connectivity index (χ0v) is 23.0. The molecule has 0 saturated heterocycles. The van der Waals surface area contributed by atoms with Gasteiger partial charge in [-0.25, -0.2) is 0 Å². The summed E-state index contributed by atoms with van der Waals surface area (Å²) in [4.78, 5) is 0. The van der Waals surface area contributed by atoms with Crippen molar-refractivity contribution >= 4 is 0 Å². The maximum Gasteiger partial charge on any atom is -0.00810 e. The van der Waals surface area contributed by atoms with Crippen LogP contribution in [-0.4, -0.2) is 0 Å². The Morgan fingerprint density at radius 1 is 0.818 bits per heavy atom. The maximum atomic E-state index is 4.77. The fourth-order valence-electron chi connectivity index (χ4n) is 12.8. The largest absolute Gasteiger partial charge is 0.0996 e. The maximum absolute atomic E-state index is 4.77. The first kappa shape index (κ1) is 22.9. The Balaban J connectivity index is 1.47. The van der Waals surface area contributed by atoms with Crippen LogP contribution in [0.5, 0.6) is 0 Å². The first-order valence-electron chi connectivity index (χ1n) is 14.8. The molecule has 6 saturated carbocycles. The Morgan fingerprint density at radius 3 is 2.30 bits per heavy atom. The highest BCUT2D eigenvalue weighted by molar-refractivity contribution is 5.29. The molecule has 0 bridgehead atoms. The molecule has 0 spiro atoms. The second kappa shape index (κ2) is 6.82. The normalized spacial score (nSPS) is 59.1. The molecule has 6 aliphatic rings. The molecule has 0 aromatic rings. The summed E-state index contributed by atoms with van der Waals surface area (Å²) in [6.07, 6.45) is 19.6. The first-order chi connectivity index (χ1) is 15.4. The van der Waals surface area contributed by atoms with Crippen molar-refractivity contribution in [2.24, 2.45) is 68.5 Å². The number of hydrogen-bond donors (Lipinski definition) is 0. The lowest BCUT2D eigenvalue weighted by molar-refractivity contribution is -0.258. The summed E-state index contributed by atoms with van der Waals surface area (Å²) >= 11 is 0. The van der Waals surface area contributed by atoms with Crippen LogP contribution in [0.15, 0.2) is 24.3 Å². The van der Waals surface area contributed by atoms with E-state index in [1.807, 2.05) is 0 Å². The number of hydrogen-bond acceptors (Lipinski definition) is 0. The SMILES string of the molecule is C=C1CC2CC3C4(C)CCC(C)C(C)(C)C4CCC3(C)C3(C)CCC4(C=CC)CCC1C4C23. The van der Waals surface area contributed by atoms with Gasteiger partial charge in [-0.05, 0) is 140 Å². The van der Waals surface area contributed by atoms with Gasteiger partial charge >= 0.3 is 0 Å². The van der Waals surface area contributed by atoms with E-state index < -0.39 is 0 Å². The highest BCUT2D eigenvalue weighted by Crippen LogP contribution is 2.80. The second-order valence-electron chi connectivity index (χ2n) is 15.5. The third kappa shape index (κ3) is 2.55. The predicted octanol–water partition coefficient (Wildman–Crippen LogP) is 9.47. The smallest absolute Gasteiger partial charge is 0.00810 e. The van der Waals surface area contributed by atoms with Crippen molar-refractivity contribution in [3.63, 3.8) is 0 Å². The van der Waals surface area contributed by atoms with E-state index in [9.17, 15) is 0 Å². The van der Waals surface area contributed by atoms with Gasteiger partial charge in [0.15, 0.2) is 0 Å². The van der Waals surface area contributed by atoms with E-state index in [1.54, 1.807) is 5.57 Å². The molecule has 184 valence electrons. The van der Waals surface area contributed by atoms with Gasteiger partial charge in [0.1, 0.15) is 0 Å². The number of rotatable bonds is 1. The standard InChI is InChI=1S/C33H52/c1-9-13-33-16-11-24-21(2)19-23-20-26-30(6)14-10-22(3)29(4,5)25(30)12-15-31(26,7)32(8,17-18-33)27(23)28(24)33/h9,13,22-28H,2,10-12,14-20H2,1,3-8H3. The molecule has 11 atom stereocenters. The van der Waals surface area contributed by atoms with E-state index in [0.29, 0.717) is 27.1 Å². The lowest BCUT2D eigenvalue weighted by atomic mass is 9.29. The minimum absolute atomic E-state index is 0.484. The Bertz CT molecular complexity index is 876. The molecule has 33 heavy (non-hydrogen) atoms. The van der Waals surface area contributed by atoms with E-state index in [2.05, 4.69) is 60.6 Å². The van der Waals surface area contributed by atoms with Crippen molar-refractivity contribution < 1.29 is 0 Å². The summed E-state index contributed by atoms with van der Waals surface area (Å²) < 4.78 is 0. The van der Waals surface area contributed by atoms with Gasteiger partial charge in [0.05, 0.1) is 0 Å². The van der Waals surface area contributed by atoms with Crippen LogP contribution in [0.2, 0.25) is 0 Å². The van der Waals surface area contributed by atoms with Crippen LogP contribution >= 0.6 is 0 Å². The summed E-state index contributed by atoms with van der Waals surface area (Å²) in [6.45, 7) is 23.3. The highest BCUT2D eigenvalue weighted by atomic mass is 14.8. The Hall–Kier alpha value is -0.520. The highest BCUT2D eigenvalue weighted by Gasteiger charge is 2.73. The summed E-state index contributed by atoms with van der Waals surface area (Å²) in [5.41, 5.74) is 4.19. The van der Waals surface area contributed by atoms with Gasteiger partial charge in [0.2, 0.25) is 0 Å². The van der Waals surface area contributed by atoms with Crippen molar-refractivity contribution in [3.8, 4) is 0 Å². The molecule has 0 N–H and O–H groups in total. The summed E-state index contributed by atoms with van der Waals surface area (Å²) in [6, 6.07) is 0. The quantitative estimate of drug-likeness (QED) is 0.350. The molecule has 0 radical (unpaired) electrons. The molecule has 11 unspecified atom stereocenters. The zero-order chi connectivity index (χ0) is 23.6. The summed E-state index contributed by atoms with van der Waals surface area (Å²) in [5, 5.41) is 0. The Morgan fingerprint density at radius 2 is 1.58 bits per heavy atom. The van der Waals surface area contributed by atoms with Crippen LogP contribution in [-0.2, 0) is 0 Å². The van der Waals surface area contributed by atoms with Crippen molar-refractivity contribution in [2.75, 3.05) is 0 Å². The van der Waals surface area contributed by atoms with E-state index in [4.69, 9.17) is 6.58 Å². The molecular formula is C33H52. The molecule has 6 fully saturated rings. The molecule has 0 aromatic heterocycles. The van der Waals surface area contributed by atoms with Crippen LogP contribution in [0.1, 0.15) is 113 Å². The van der Waals surface area contributed by atoms with Crippen molar-refractivity contribution in [1.29, 1.82) is 0 Å². The zero-order valence-electron chi connectivity index (χ0n) is 23.0. The van der Waals surface area contributed by atoms with E-state index in [1.165, 1.54) is 64.2 Å². The van der Waals surface area contributed by atoms with Gasteiger partial charge in [-0.1, -0.05) is 65.8 Å². The van der Waals surface area contributed by atoms with E-state index >= 15 is 0 Å². The van der Waals surface area contributed by atoms with Gasteiger partial charge in [-0.15, -0.1) is 0 Å². The second-order valence-corrected chi connectivity index (χ2v) is 15.5. The third-order valence-electron chi connectivity index (χ3n) is 14.7. The lowest BCUT2D eigenvalue weighted by Crippen LogP contribution is -2.68. The number of allylic oxidation sites excluding steroid dienone is 3. The van der Waals surface area contributed by atoms with Gasteiger partial charge in [-0.3, -0.25) is 0 Å². The van der Waals surface area contributed by atoms with E-state index in [0.717, 1.165) is 41.4 Å². The topological polar surface area (TPSA) is 0 Å². The molecule has 6 aliphatic carbocycles. The molecule has 0 nitrogen and oxygen atoms in total. The fourth-order valence-corrected chi connectivity index (χ4v) is 12.8. The molecule has 0 heterocycles. The van der Waals surface area contributed by atoms with Crippen LogP contribution in [0.3, 0.4) is 0 Å². The summed E-state index contributed by atoms with van der Waals surface area (Å²) in [7, 11) is 0. The Kier molecular flexibility index (Phi) is 4.74. The molecule has 0 heteroatoms. The molecule has 6 rings (SSSR count). The van der Waals surface area contributed by atoms with Crippen LogP contribution in [0.4, 0.5) is 0 Å². The van der Waals surface area contributed by atoms with E-state index in [-0.39, 0.29) is 0 Å². The average Bonchev–Trinajstić information content (AvgIpc) is 3.13. The minimum Gasteiger partial charge on any atom is -0.0996 e. The van der Waals surface area contributed by atoms with Crippen LogP contribution in [0.25, 0.3) is 0 Å². The first-order valence-corrected chi connectivity index (χ1v) is 14.8. The number of fused-ring (bicyclic) bond motifs is 4. The van der Waals surface area contributed by atoms with Gasteiger partial charge < -0.3 is 0 Å². The minimum atomic E-state index is 0.484. The lowest BCUT2D eigenvalue weighted by Gasteiger charge is -2.75. The van der Waals surface area contributed by atoms with Crippen LogP contribution < -0.4 is 0 Å². The monoisotopic (exact) mass is 448 g/mol. The average molecular weight is 449 g/mol. The van der Waals surface area contributed by atoms with Gasteiger partial charge in [0, 0.05) is 0 Å². The summed E-state index contributed by atoms with van der Waals surface area (Å²) in [5.74, 6) is 6.19. The molecule has 0 aliphatic heterocycles. The van der Waals surface area contributed by atoms with Crippen molar-refractivity contribution in [2.45, 2.75) is 113 Å².